The van der Waals surface area contributed by atoms with Gasteiger partial charge in [0.05, 0.1) is 49.6 Å². The minimum absolute atomic E-state index is 0.242. The van der Waals surface area contributed by atoms with E-state index in [4.69, 9.17) is 14.6 Å². The van der Waals surface area contributed by atoms with E-state index >= 15 is 0 Å². The number of carbonyl (C=O) groups excluding carboxylic acids is 1. The predicted octanol–water partition coefficient (Wildman–Crippen LogP) is 6.69. The molecule has 1 atom stereocenters. The van der Waals surface area contributed by atoms with Gasteiger partial charge in [-0.1, -0.05) is 55.0 Å². The highest BCUT2D eigenvalue weighted by atomic mass is 16.5. The smallest absolute Gasteiger partial charge is 0.323 e. The molecule has 1 N–H and O–H groups in total. The fraction of sp³-hybridized carbons (Fsp3) is 0.212. The second-order valence-corrected chi connectivity index (χ2v) is 10.1. The van der Waals surface area contributed by atoms with Crippen LogP contribution in [0.3, 0.4) is 0 Å². The van der Waals surface area contributed by atoms with Crippen molar-refractivity contribution < 1.29 is 14.3 Å². The maximum Gasteiger partial charge on any atom is 0.323 e. The Morgan fingerprint density at radius 3 is 2.46 bits per heavy atom. The van der Waals surface area contributed by atoms with Gasteiger partial charge in [0.1, 0.15) is 17.3 Å². The van der Waals surface area contributed by atoms with Crippen LogP contribution in [0, 0.1) is 6.92 Å². The predicted molar refractivity (Wildman–Crippen MR) is 159 cm³/mol. The second-order valence-electron chi connectivity index (χ2n) is 10.1. The molecule has 3 heterocycles. The maximum atomic E-state index is 14.3. The number of hydrogen-bond donors (Lipinski definition) is 1. The number of methoxy groups -OCH3 is 2. The zero-order chi connectivity index (χ0) is 28.5. The van der Waals surface area contributed by atoms with E-state index < -0.39 is 0 Å². The Morgan fingerprint density at radius 1 is 0.976 bits per heavy atom. The van der Waals surface area contributed by atoms with E-state index in [9.17, 15) is 4.79 Å². The van der Waals surface area contributed by atoms with Gasteiger partial charge in [0.15, 0.2) is 0 Å². The first-order valence-electron chi connectivity index (χ1n) is 13.7. The molecule has 1 aliphatic heterocycles. The van der Waals surface area contributed by atoms with Crippen molar-refractivity contribution in [3.8, 4) is 23.0 Å². The topological polar surface area (TPSA) is 73.6 Å². The first-order valence-corrected chi connectivity index (χ1v) is 13.7. The van der Waals surface area contributed by atoms with Crippen molar-refractivity contribution >= 4 is 11.7 Å². The van der Waals surface area contributed by atoms with E-state index in [1.54, 1.807) is 32.4 Å². The van der Waals surface area contributed by atoms with Crippen LogP contribution in [0.4, 0.5) is 10.5 Å². The van der Waals surface area contributed by atoms with Crippen LogP contribution in [-0.2, 0) is 13.0 Å². The Bertz CT molecular complexity index is 1690. The van der Waals surface area contributed by atoms with Gasteiger partial charge in [0, 0.05) is 17.8 Å². The number of ether oxygens (including phenoxy) is 2. The maximum absolute atomic E-state index is 14.3. The number of hydrogen-bond acceptors (Lipinski definition) is 4. The van der Waals surface area contributed by atoms with Crippen molar-refractivity contribution in [2.75, 3.05) is 19.5 Å². The standard InChI is InChI=1S/C33H33N5O3/c1-5-27-26-21-37(33(39)34-28-18-17-25(40-3)20-30(28)41-4)31(23-15-13-22(2)14-16-23)29-12-9-19-36(29)32(26)38(35-27)24-10-7-6-8-11-24/h6-20,31H,5,21H2,1-4H3,(H,34,39). The molecule has 6 rings (SSSR count). The highest BCUT2D eigenvalue weighted by Crippen LogP contribution is 2.39. The molecule has 1 aliphatic rings. The summed E-state index contributed by atoms with van der Waals surface area (Å²) in [5.74, 6) is 2.12. The van der Waals surface area contributed by atoms with Crippen LogP contribution in [0.5, 0.6) is 11.5 Å². The zero-order valence-electron chi connectivity index (χ0n) is 23.7. The van der Waals surface area contributed by atoms with Gasteiger partial charge in [-0.25, -0.2) is 9.48 Å². The molecule has 0 aliphatic carbocycles. The number of aryl methyl sites for hydroxylation is 2. The third kappa shape index (κ3) is 4.71. The van der Waals surface area contributed by atoms with Crippen LogP contribution < -0.4 is 14.8 Å². The summed E-state index contributed by atoms with van der Waals surface area (Å²) in [4.78, 5) is 16.2. The number of nitrogens with one attached hydrogen (secondary N) is 1. The molecule has 2 amide bonds. The monoisotopic (exact) mass is 547 g/mol. The number of fused-ring (bicyclic) bond motifs is 3. The van der Waals surface area contributed by atoms with E-state index in [1.165, 1.54) is 0 Å². The SMILES string of the molecule is CCc1nn(-c2ccccc2)c2c1CN(C(=O)Nc1ccc(OC)cc1OC)C(c1ccc(C)cc1)c1cccn1-2. The van der Waals surface area contributed by atoms with Crippen LogP contribution in [-0.4, -0.2) is 39.5 Å². The van der Waals surface area contributed by atoms with Crippen molar-refractivity contribution in [2.24, 2.45) is 0 Å². The van der Waals surface area contributed by atoms with Crippen molar-refractivity contribution in [1.82, 2.24) is 19.2 Å². The molecule has 41 heavy (non-hydrogen) atoms. The summed E-state index contributed by atoms with van der Waals surface area (Å²) in [5, 5.41) is 8.16. The van der Waals surface area contributed by atoms with Gasteiger partial charge in [0.25, 0.3) is 0 Å². The summed E-state index contributed by atoms with van der Waals surface area (Å²) >= 11 is 0. The fourth-order valence-electron chi connectivity index (χ4n) is 5.54. The summed E-state index contributed by atoms with van der Waals surface area (Å²) < 4.78 is 15.1. The molecule has 0 radical (unpaired) electrons. The van der Waals surface area contributed by atoms with Gasteiger partial charge >= 0.3 is 6.03 Å². The van der Waals surface area contributed by atoms with Crippen molar-refractivity contribution in [1.29, 1.82) is 0 Å². The molecule has 1 unspecified atom stereocenters. The zero-order valence-corrected chi connectivity index (χ0v) is 23.7. The van der Waals surface area contributed by atoms with Gasteiger partial charge in [-0.2, -0.15) is 5.10 Å². The van der Waals surface area contributed by atoms with Gasteiger partial charge in [-0.15, -0.1) is 0 Å². The van der Waals surface area contributed by atoms with E-state index in [1.807, 2.05) is 33.8 Å². The van der Waals surface area contributed by atoms with Crippen molar-refractivity contribution in [2.45, 2.75) is 32.9 Å². The third-order valence-corrected chi connectivity index (χ3v) is 7.61. The number of amides is 2. The number of aromatic nitrogens is 3. The van der Waals surface area contributed by atoms with E-state index in [-0.39, 0.29) is 12.1 Å². The molecule has 208 valence electrons. The molecule has 0 spiro atoms. The molecule has 8 nitrogen and oxygen atoms in total. The summed E-state index contributed by atoms with van der Waals surface area (Å²) in [6.45, 7) is 4.54. The van der Waals surface area contributed by atoms with Crippen molar-refractivity contribution in [3.63, 3.8) is 0 Å². The molecule has 0 bridgehead atoms. The summed E-state index contributed by atoms with van der Waals surface area (Å²) in [7, 11) is 3.18. The molecular formula is C33H33N5O3. The molecule has 0 saturated heterocycles. The molecule has 0 saturated carbocycles. The lowest BCUT2D eigenvalue weighted by atomic mass is 10.0. The van der Waals surface area contributed by atoms with E-state index in [2.05, 4.69) is 72.4 Å². The highest BCUT2D eigenvalue weighted by Gasteiger charge is 2.36. The lowest BCUT2D eigenvalue weighted by Gasteiger charge is -2.31. The molecule has 8 heteroatoms. The number of anilines is 1. The Kier molecular flexibility index (Phi) is 6.97. The molecule has 0 fully saturated rings. The minimum atomic E-state index is -0.351. The first kappa shape index (κ1) is 26.3. The molecule has 5 aromatic rings. The first-order chi connectivity index (χ1) is 20.0. The third-order valence-electron chi connectivity index (χ3n) is 7.61. The fourth-order valence-corrected chi connectivity index (χ4v) is 5.54. The number of nitrogens with zero attached hydrogens (tertiary/aromatic N) is 4. The number of para-hydroxylation sites is 1. The normalized spacial score (nSPS) is 14.1. The number of rotatable bonds is 6. The van der Waals surface area contributed by atoms with E-state index in [0.717, 1.165) is 46.0 Å². The Labute approximate surface area is 239 Å². The Morgan fingerprint density at radius 2 is 1.76 bits per heavy atom. The van der Waals surface area contributed by atoms with Crippen LogP contribution in [0.1, 0.15) is 41.0 Å². The quantitative estimate of drug-likeness (QED) is 0.257. The molecular weight excluding hydrogens is 514 g/mol. The Hall–Kier alpha value is -4.98. The van der Waals surface area contributed by atoms with E-state index in [0.29, 0.717) is 23.7 Å². The highest BCUT2D eigenvalue weighted by molar-refractivity contribution is 5.92. The number of urea groups is 1. The van der Waals surface area contributed by atoms with Gasteiger partial charge in [0.2, 0.25) is 0 Å². The van der Waals surface area contributed by atoms with Gasteiger partial charge < -0.3 is 24.3 Å². The van der Waals surface area contributed by atoms with Crippen molar-refractivity contribution in [3.05, 3.63) is 119 Å². The minimum Gasteiger partial charge on any atom is -0.497 e. The van der Waals surface area contributed by atoms with Gasteiger partial charge in [-0.05, 0) is 55.3 Å². The summed E-state index contributed by atoms with van der Waals surface area (Å²) in [6, 6.07) is 27.4. The lowest BCUT2D eigenvalue weighted by Crippen LogP contribution is -2.38. The van der Waals surface area contributed by atoms with Crippen LogP contribution in [0.2, 0.25) is 0 Å². The van der Waals surface area contributed by atoms with Crippen LogP contribution in [0.15, 0.2) is 91.1 Å². The second kappa shape index (κ2) is 10.9. The van der Waals surface area contributed by atoms with Crippen LogP contribution >= 0.6 is 0 Å². The average Bonchev–Trinajstić information content (AvgIpc) is 3.59. The lowest BCUT2D eigenvalue weighted by molar-refractivity contribution is 0.194. The summed E-state index contributed by atoms with van der Waals surface area (Å²) in [5.41, 5.74) is 6.66. The average molecular weight is 548 g/mol. The molecule has 2 aromatic heterocycles. The van der Waals surface area contributed by atoms with Crippen LogP contribution in [0.25, 0.3) is 11.5 Å². The largest absolute Gasteiger partial charge is 0.497 e. The van der Waals surface area contributed by atoms with Gasteiger partial charge in [-0.3, -0.25) is 0 Å². The summed E-state index contributed by atoms with van der Waals surface area (Å²) in [6.07, 6.45) is 2.79. The Balaban J connectivity index is 1.52. The number of carbonyl (C=O) groups is 1. The number of benzene rings is 3. The molecule has 3 aromatic carbocycles.